The van der Waals surface area contributed by atoms with Gasteiger partial charge in [0.1, 0.15) is 12.1 Å². The second-order valence-electron chi connectivity index (χ2n) is 10.5. The molecule has 7 nitrogen and oxygen atoms in total. The topological polar surface area (TPSA) is 94.3 Å². The number of benzene rings is 2. The number of aromatic amines is 1. The summed E-state index contributed by atoms with van der Waals surface area (Å²) in [6.45, 7) is 8.60. The lowest BCUT2D eigenvalue weighted by Gasteiger charge is -2.38. The Balaban J connectivity index is 1.53. The van der Waals surface area contributed by atoms with Crippen LogP contribution in [0.5, 0.6) is 0 Å². The number of hydrogen-bond donors (Lipinski definition) is 3. The Morgan fingerprint density at radius 3 is 2.56 bits per heavy atom. The summed E-state index contributed by atoms with van der Waals surface area (Å²) in [5.41, 5.74) is 4.54. The van der Waals surface area contributed by atoms with E-state index in [4.69, 9.17) is 0 Å². The molecule has 36 heavy (non-hydrogen) atoms. The van der Waals surface area contributed by atoms with Crippen LogP contribution in [0.2, 0.25) is 0 Å². The number of nitrogens with zero attached hydrogens (tertiary/aromatic N) is 1. The minimum Gasteiger partial charge on any atom is -0.356 e. The van der Waals surface area contributed by atoms with Gasteiger partial charge in [0.2, 0.25) is 11.8 Å². The van der Waals surface area contributed by atoms with E-state index in [1.807, 2.05) is 70.2 Å². The Morgan fingerprint density at radius 2 is 1.81 bits per heavy atom. The Labute approximate surface area is 211 Å². The van der Waals surface area contributed by atoms with Crippen molar-refractivity contribution in [1.82, 2.24) is 20.5 Å². The zero-order chi connectivity index (χ0) is 25.6. The number of para-hydroxylation sites is 1. The van der Waals surface area contributed by atoms with E-state index in [1.54, 1.807) is 4.90 Å². The van der Waals surface area contributed by atoms with Crippen LogP contribution in [0.25, 0.3) is 10.9 Å². The smallest absolute Gasteiger partial charge is 0.255 e. The van der Waals surface area contributed by atoms with Gasteiger partial charge in [0, 0.05) is 35.1 Å². The maximum Gasteiger partial charge on any atom is 0.255 e. The molecule has 7 heteroatoms. The quantitative estimate of drug-likeness (QED) is 0.472. The Bertz CT molecular complexity index is 1330. The molecule has 0 radical (unpaired) electrons. The molecule has 2 aliphatic heterocycles. The summed E-state index contributed by atoms with van der Waals surface area (Å²) in [7, 11) is 0. The fraction of sp³-hybridized carbons (Fsp3) is 0.414. The molecular formula is C29H34N4O3. The van der Waals surface area contributed by atoms with Crippen molar-refractivity contribution in [2.75, 3.05) is 6.54 Å². The fourth-order valence-corrected chi connectivity index (χ4v) is 5.50. The van der Waals surface area contributed by atoms with Gasteiger partial charge in [-0.1, -0.05) is 70.5 Å². The summed E-state index contributed by atoms with van der Waals surface area (Å²) in [6, 6.07) is 13.9. The predicted octanol–water partition coefficient (Wildman–Crippen LogP) is 3.94. The highest BCUT2D eigenvalue weighted by molar-refractivity contribution is 6.04. The van der Waals surface area contributed by atoms with Gasteiger partial charge in [-0.05, 0) is 35.1 Å². The van der Waals surface area contributed by atoms with E-state index < -0.39 is 12.1 Å². The highest BCUT2D eigenvalue weighted by atomic mass is 16.2. The molecule has 2 aromatic carbocycles. The van der Waals surface area contributed by atoms with E-state index in [2.05, 4.69) is 21.7 Å². The van der Waals surface area contributed by atoms with Crippen LogP contribution in [-0.4, -0.2) is 46.2 Å². The number of carbonyl (C=O) groups excluding carboxylic acids is 3. The molecule has 0 saturated heterocycles. The first-order valence-corrected chi connectivity index (χ1v) is 12.9. The summed E-state index contributed by atoms with van der Waals surface area (Å²) in [6.07, 6.45) is 1.14. The molecule has 0 spiro atoms. The largest absolute Gasteiger partial charge is 0.356 e. The minimum atomic E-state index is -0.717. The minimum absolute atomic E-state index is 0.0457. The lowest BCUT2D eigenvalue weighted by Crippen LogP contribution is -2.58. The third-order valence-corrected chi connectivity index (χ3v) is 7.63. The first-order chi connectivity index (χ1) is 17.3. The van der Waals surface area contributed by atoms with Gasteiger partial charge in [0.05, 0.1) is 6.04 Å². The molecule has 188 valence electrons. The molecule has 0 aliphatic carbocycles. The Hall–Kier alpha value is -3.61. The van der Waals surface area contributed by atoms with Gasteiger partial charge in [-0.25, -0.2) is 0 Å². The molecule has 0 bridgehead atoms. The number of aromatic nitrogens is 1. The lowest BCUT2D eigenvalue weighted by atomic mass is 9.89. The number of nitrogens with one attached hydrogen (secondary N) is 3. The molecule has 0 unspecified atom stereocenters. The van der Waals surface area contributed by atoms with Crippen LogP contribution in [0.15, 0.2) is 48.5 Å². The third kappa shape index (κ3) is 3.96. The molecule has 3 amide bonds. The first kappa shape index (κ1) is 24.1. The van der Waals surface area contributed by atoms with Gasteiger partial charge < -0.3 is 20.5 Å². The highest BCUT2D eigenvalue weighted by Gasteiger charge is 2.49. The van der Waals surface area contributed by atoms with E-state index in [1.165, 1.54) is 0 Å². The first-order valence-electron chi connectivity index (χ1n) is 12.9. The van der Waals surface area contributed by atoms with Crippen LogP contribution in [0.4, 0.5) is 0 Å². The van der Waals surface area contributed by atoms with Crippen LogP contribution in [0.1, 0.15) is 67.3 Å². The fourth-order valence-electron chi connectivity index (χ4n) is 5.50. The van der Waals surface area contributed by atoms with Crippen LogP contribution < -0.4 is 10.6 Å². The van der Waals surface area contributed by atoms with E-state index in [0.717, 1.165) is 34.1 Å². The average Bonchev–Trinajstić information content (AvgIpc) is 3.40. The molecule has 0 saturated carbocycles. The number of fused-ring (bicyclic) bond motifs is 7. The van der Waals surface area contributed by atoms with Crippen molar-refractivity contribution in [3.8, 4) is 0 Å². The molecular weight excluding hydrogens is 452 g/mol. The zero-order valence-electron chi connectivity index (χ0n) is 21.3. The van der Waals surface area contributed by atoms with Crippen LogP contribution in [-0.2, 0) is 16.0 Å². The Kier molecular flexibility index (Phi) is 6.33. The van der Waals surface area contributed by atoms with Crippen molar-refractivity contribution in [2.45, 2.75) is 58.7 Å². The van der Waals surface area contributed by atoms with Crippen molar-refractivity contribution in [2.24, 2.45) is 11.8 Å². The molecule has 5 rings (SSSR count). The van der Waals surface area contributed by atoms with Gasteiger partial charge in [0.25, 0.3) is 5.91 Å². The number of H-pyrrole nitrogens is 1. The van der Waals surface area contributed by atoms with Crippen molar-refractivity contribution in [1.29, 1.82) is 0 Å². The molecule has 3 aromatic rings. The van der Waals surface area contributed by atoms with Crippen LogP contribution >= 0.6 is 0 Å². The number of hydrogen-bond acceptors (Lipinski definition) is 3. The second kappa shape index (κ2) is 9.45. The summed E-state index contributed by atoms with van der Waals surface area (Å²) < 4.78 is 0. The van der Waals surface area contributed by atoms with Gasteiger partial charge in [-0.15, -0.1) is 0 Å². The average molecular weight is 487 g/mol. The zero-order valence-corrected chi connectivity index (χ0v) is 21.3. The molecule has 3 heterocycles. The standard InChI is InChI=1S/C29H34N4O3/c1-5-17(4)24(28(35)30-15-16(2)3)32-27(34)23-14-21-18-10-8-9-13-22(18)31-25(21)26-19-11-6-7-12-20(19)29(36)33(23)26/h6-13,16-17,23-24,26,31H,5,14-15H2,1-4H3,(H,30,35)(H,32,34)/t17-,23-,24-,26+/m0/s1. The van der Waals surface area contributed by atoms with Gasteiger partial charge in [0.15, 0.2) is 0 Å². The van der Waals surface area contributed by atoms with E-state index in [-0.39, 0.29) is 29.7 Å². The van der Waals surface area contributed by atoms with E-state index >= 15 is 0 Å². The monoisotopic (exact) mass is 486 g/mol. The molecule has 2 aliphatic rings. The maximum absolute atomic E-state index is 13.9. The lowest BCUT2D eigenvalue weighted by molar-refractivity contribution is -0.133. The van der Waals surface area contributed by atoms with Crippen molar-refractivity contribution in [3.05, 3.63) is 70.9 Å². The van der Waals surface area contributed by atoms with Crippen molar-refractivity contribution in [3.63, 3.8) is 0 Å². The summed E-state index contributed by atoms with van der Waals surface area (Å²) in [5.74, 6) is -0.355. The number of amides is 3. The second-order valence-corrected chi connectivity index (χ2v) is 10.5. The van der Waals surface area contributed by atoms with E-state index in [0.29, 0.717) is 24.4 Å². The van der Waals surface area contributed by atoms with E-state index in [9.17, 15) is 14.4 Å². The number of carbonyl (C=O) groups is 3. The SMILES string of the molecule is CC[C@H](C)[C@H](NC(=O)[C@@H]1Cc2c([nH]c3ccccc23)[C@H]2c3ccccc3C(=O)N21)C(=O)NCC(C)C. The normalized spacial score (nSPS) is 20.0. The van der Waals surface area contributed by atoms with Gasteiger partial charge in [-0.3, -0.25) is 14.4 Å². The molecule has 1 aromatic heterocycles. The van der Waals surface area contributed by atoms with Crippen LogP contribution in [0, 0.1) is 11.8 Å². The van der Waals surface area contributed by atoms with Crippen molar-refractivity contribution < 1.29 is 14.4 Å². The highest BCUT2D eigenvalue weighted by Crippen LogP contribution is 2.46. The maximum atomic E-state index is 13.9. The van der Waals surface area contributed by atoms with Crippen LogP contribution in [0.3, 0.4) is 0 Å². The summed E-state index contributed by atoms with van der Waals surface area (Å²) >= 11 is 0. The molecule has 0 fully saturated rings. The number of rotatable bonds is 7. The third-order valence-electron chi connectivity index (χ3n) is 7.63. The van der Waals surface area contributed by atoms with Crippen molar-refractivity contribution >= 4 is 28.6 Å². The Morgan fingerprint density at radius 1 is 1.08 bits per heavy atom. The van der Waals surface area contributed by atoms with Gasteiger partial charge in [-0.2, -0.15) is 0 Å². The summed E-state index contributed by atoms with van der Waals surface area (Å²) in [4.78, 5) is 45.8. The molecule has 4 atom stereocenters. The molecule has 3 N–H and O–H groups in total. The summed E-state index contributed by atoms with van der Waals surface area (Å²) in [5, 5.41) is 7.07. The van der Waals surface area contributed by atoms with Gasteiger partial charge >= 0.3 is 0 Å². The predicted molar refractivity (Wildman–Crippen MR) is 139 cm³/mol.